The second kappa shape index (κ2) is 8.63. The molecule has 0 heterocycles. The third-order valence-electron chi connectivity index (χ3n) is 4.04. The number of carbonyl (C=O) groups excluding carboxylic acids is 1. The van der Waals surface area contributed by atoms with Crippen LogP contribution in [0.15, 0.2) is 24.3 Å². The Morgan fingerprint density at radius 3 is 2.50 bits per heavy atom. The van der Waals surface area contributed by atoms with Gasteiger partial charge in [0.1, 0.15) is 5.75 Å². The summed E-state index contributed by atoms with van der Waals surface area (Å²) in [6, 6.07) is 6.96. The second-order valence-corrected chi connectivity index (χ2v) is 6.09. The molecule has 1 aromatic carbocycles. The number of phenolic OH excluding ortho intramolecular Hbond substituents is 1. The predicted molar refractivity (Wildman–Crippen MR) is 88.0 cm³/mol. The lowest BCUT2D eigenvalue weighted by Gasteiger charge is -2.29. The van der Waals surface area contributed by atoms with Crippen LogP contribution in [0.3, 0.4) is 0 Å². The Labute approximate surface area is 132 Å². The van der Waals surface area contributed by atoms with Crippen LogP contribution in [0.1, 0.15) is 45.6 Å². The van der Waals surface area contributed by atoms with Gasteiger partial charge in [-0.25, -0.2) is 4.79 Å². The topological polar surface area (TPSA) is 81.6 Å². The van der Waals surface area contributed by atoms with Gasteiger partial charge in [0, 0.05) is 18.2 Å². The molecule has 4 N–H and O–H groups in total. The van der Waals surface area contributed by atoms with Gasteiger partial charge in [0.25, 0.3) is 0 Å². The standard InChI is InChI=1S/C17H28N2O3/c1-4-17(3,11-12-20)19-16(22)18-13(2)5-6-14-7-9-15(21)10-8-14/h7-10,13,20-21H,4-6,11-12H2,1-3H3,(H2,18,19,22). The van der Waals surface area contributed by atoms with Crippen molar-refractivity contribution in [3.8, 4) is 5.75 Å². The van der Waals surface area contributed by atoms with E-state index >= 15 is 0 Å². The van der Waals surface area contributed by atoms with Gasteiger partial charge < -0.3 is 20.8 Å². The van der Waals surface area contributed by atoms with E-state index < -0.39 is 0 Å². The average molecular weight is 308 g/mol. The molecule has 2 amide bonds. The minimum absolute atomic E-state index is 0.0454. The van der Waals surface area contributed by atoms with Crippen LogP contribution in [-0.4, -0.2) is 34.4 Å². The molecule has 5 heteroatoms. The Hall–Kier alpha value is -1.75. The highest BCUT2D eigenvalue weighted by atomic mass is 16.3. The van der Waals surface area contributed by atoms with Gasteiger partial charge in [0.15, 0.2) is 0 Å². The summed E-state index contributed by atoms with van der Waals surface area (Å²) in [7, 11) is 0. The van der Waals surface area contributed by atoms with Crippen molar-refractivity contribution >= 4 is 6.03 Å². The van der Waals surface area contributed by atoms with Gasteiger partial charge in [0.05, 0.1) is 0 Å². The van der Waals surface area contributed by atoms with Crippen molar-refractivity contribution in [3.05, 3.63) is 29.8 Å². The van der Waals surface area contributed by atoms with E-state index in [0.29, 0.717) is 6.42 Å². The van der Waals surface area contributed by atoms with Gasteiger partial charge in [-0.3, -0.25) is 0 Å². The largest absolute Gasteiger partial charge is 0.508 e. The van der Waals surface area contributed by atoms with Gasteiger partial charge in [-0.15, -0.1) is 0 Å². The summed E-state index contributed by atoms with van der Waals surface area (Å²) in [6.45, 7) is 5.95. The first kappa shape index (κ1) is 18.3. The van der Waals surface area contributed by atoms with Crippen molar-refractivity contribution < 1.29 is 15.0 Å². The van der Waals surface area contributed by atoms with Crippen LogP contribution in [-0.2, 0) is 6.42 Å². The number of aromatic hydroxyl groups is 1. The van der Waals surface area contributed by atoms with Crippen LogP contribution >= 0.6 is 0 Å². The molecule has 0 aromatic heterocycles. The number of aryl methyl sites for hydroxylation is 1. The molecule has 124 valence electrons. The zero-order chi connectivity index (χ0) is 16.6. The minimum Gasteiger partial charge on any atom is -0.508 e. The highest BCUT2D eigenvalue weighted by molar-refractivity contribution is 5.75. The fourth-order valence-corrected chi connectivity index (χ4v) is 2.23. The predicted octanol–water partition coefficient (Wildman–Crippen LogP) is 2.56. The van der Waals surface area contributed by atoms with E-state index in [1.54, 1.807) is 12.1 Å². The third-order valence-corrected chi connectivity index (χ3v) is 4.04. The lowest BCUT2D eigenvalue weighted by Crippen LogP contribution is -2.52. The SMILES string of the molecule is CCC(C)(CCO)NC(=O)NC(C)CCc1ccc(O)cc1. The quantitative estimate of drug-likeness (QED) is 0.596. The fraction of sp³-hybridized carbons (Fsp3) is 0.588. The van der Waals surface area contributed by atoms with Crippen LogP contribution in [0.5, 0.6) is 5.75 Å². The number of rotatable bonds is 8. The monoisotopic (exact) mass is 308 g/mol. The van der Waals surface area contributed by atoms with Gasteiger partial charge in [-0.05, 0) is 57.2 Å². The molecule has 0 aliphatic rings. The van der Waals surface area contributed by atoms with Gasteiger partial charge in [0.2, 0.25) is 0 Å². The Kier molecular flexibility index (Phi) is 7.18. The van der Waals surface area contributed by atoms with Crippen LogP contribution in [0.2, 0.25) is 0 Å². The summed E-state index contributed by atoms with van der Waals surface area (Å²) in [6.07, 6.45) is 2.96. The van der Waals surface area contributed by atoms with Crippen molar-refractivity contribution in [2.24, 2.45) is 0 Å². The number of nitrogens with one attached hydrogen (secondary N) is 2. The van der Waals surface area contributed by atoms with Crippen LogP contribution in [0.25, 0.3) is 0 Å². The molecular weight excluding hydrogens is 280 g/mol. The molecule has 0 bridgehead atoms. The Balaban J connectivity index is 2.39. The van der Waals surface area contributed by atoms with E-state index in [4.69, 9.17) is 5.11 Å². The van der Waals surface area contributed by atoms with Gasteiger partial charge >= 0.3 is 6.03 Å². The van der Waals surface area contributed by atoms with E-state index in [0.717, 1.165) is 24.8 Å². The maximum absolute atomic E-state index is 12.0. The Morgan fingerprint density at radius 2 is 1.95 bits per heavy atom. The molecule has 0 spiro atoms. The molecule has 0 aliphatic carbocycles. The van der Waals surface area contributed by atoms with Crippen molar-refractivity contribution in [2.45, 2.75) is 58.0 Å². The summed E-state index contributed by atoms with van der Waals surface area (Å²) >= 11 is 0. The van der Waals surface area contributed by atoms with E-state index in [1.807, 2.05) is 32.9 Å². The van der Waals surface area contributed by atoms with Crippen LogP contribution in [0, 0.1) is 0 Å². The fourth-order valence-electron chi connectivity index (χ4n) is 2.23. The van der Waals surface area contributed by atoms with Crippen molar-refractivity contribution in [2.75, 3.05) is 6.61 Å². The number of carbonyl (C=O) groups is 1. The average Bonchev–Trinajstić information content (AvgIpc) is 2.46. The highest BCUT2D eigenvalue weighted by Gasteiger charge is 2.24. The molecule has 22 heavy (non-hydrogen) atoms. The van der Waals surface area contributed by atoms with Crippen LogP contribution in [0.4, 0.5) is 4.79 Å². The maximum Gasteiger partial charge on any atom is 0.315 e. The van der Waals surface area contributed by atoms with Gasteiger partial charge in [-0.2, -0.15) is 0 Å². The smallest absolute Gasteiger partial charge is 0.315 e. The zero-order valence-corrected chi connectivity index (χ0v) is 13.7. The number of urea groups is 1. The summed E-state index contributed by atoms with van der Waals surface area (Å²) in [5.41, 5.74) is 0.751. The molecule has 0 saturated carbocycles. The minimum atomic E-state index is -0.379. The third kappa shape index (κ3) is 6.35. The first-order valence-corrected chi connectivity index (χ1v) is 7.86. The molecule has 5 nitrogen and oxygen atoms in total. The molecule has 0 aliphatic heterocycles. The molecular formula is C17H28N2O3. The molecule has 2 unspecified atom stereocenters. The van der Waals surface area contributed by atoms with E-state index in [-0.39, 0.29) is 30.0 Å². The summed E-state index contributed by atoms with van der Waals surface area (Å²) in [4.78, 5) is 12.0. The second-order valence-electron chi connectivity index (χ2n) is 6.09. The van der Waals surface area contributed by atoms with E-state index in [1.165, 1.54) is 0 Å². The number of amides is 2. The number of phenols is 1. The Bertz CT molecular complexity index is 461. The molecule has 0 fully saturated rings. The Morgan fingerprint density at radius 1 is 1.32 bits per heavy atom. The highest BCUT2D eigenvalue weighted by Crippen LogP contribution is 2.14. The molecule has 0 radical (unpaired) electrons. The first-order chi connectivity index (χ1) is 10.4. The van der Waals surface area contributed by atoms with Crippen molar-refractivity contribution in [3.63, 3.8) is 0 Å². The molecule has 2 atom stereocenters. The van der Waals surface area contributed by atoms with E-state index in [2.05, 4.69) is 10.6 Å². The molecule has 1 rings (SSSR count). The normalized spacial score (nSPS) is 14.9. The molecule has 0 saturated heterocycles. The van der Waals surface area contributed by atoms with Crippen molar-refractivity contribution in [1.29, 1.82) is 0 Å². The number of hydrogen-bond donors (Lipinski definition) is 4. The number of benzene rings is 1. The lowest BCUT2D eigenvalue weighted by atomic mass is 9.95. The van der Waals surface area contributed by atoms with Crippen molar-refractivity contribution in [1.82, 2.24) is 10.6 Å². The van der Waals surface area contributed by atoms with Gasteiger partial charge in [-0.1, -0.05) is 19.1 Å². The van der Waals surface area contributed by atoms with E-state index in [9.17, 15) is 9.90 Å². The number of aliphatic hydroxyl groups is 1. The molecule has 1 aromatic rings. The zero-order valence-electron chi connectivity index (χ0n) is 13.7. The van der Waals surface area contributed by atoms with Crippen LogP contribution < -0.4 is 10.6 Å². The first-order valence-electron chi connectivity index (χ1n) is 7.86. The summed E-state index contributed by atoms with van der Waals surface area (Å²) < 4.78 is 0. The lowest BCUT2D eigenvalue weighted by molar-refractivity contribution is 0.199. The maximum atomic E-state index is 12.0. The summed E-state index contributed by atoms with van der Waals surface area (Å²) in [5, 5.41) is 24.2. The summed E-state index contributed by atoms with van der Waals surface area (Å²) in [5.74, 6) is 0.261. The number of hydrogen-bond acceptors (Lipinski definition) is 3. The number of aliphatic hydroxyl groups excluding tert-OH is 1.